The first-order chi connectivity index (χ1) is 7.66. The molecule has 1 aromatic heterocycles. The molecule has 2 rings (SSSR count). The number of hydrogen-bond acceptors (Lipinski definition) is 3. The van der Waals surface area contributed by atoms with Crippen molar-refractivity contribution in [3.63, 3.8) is 0 Å². The molecule has 0 radical (unpaired) electrons. The van der Waals surface area contributed by atoms with E-state index in [9.17, 15) is 4.79 Å². The third-order valence-corrected chi connectivity index (χ3v) is 2.97. The minimum atomic E-state index is -0.895. The highest BCUT2D eigenvalue weighted by Crippen LogP contribution is 2.21. The van der Waals surface area contributed by atoms with Crippen molar-refractivity contribution in [1.82, 2.24) is 4.98 Å². The minimum absolute atomic E-state index is 0. The number of rotatable bonds is 2. The van der Waals surface area contributed by atoms with Gasteiger partial charge in [-0.3, -0.25) is 0 Å². The lowest BCUT2D eigenvalue weighted by atomic mass is 10.0. The van der Waals surface area contributed by atoms with E-state index in [4.69, 9.17) is 5.11 Å². The number of carboxylic acids is 1. The van der Waals surface area contributed by atoms with E-state index in [-0.39, 0.29) is 12.4 Å². The Morgan fingerprint density at radius 3 is 3.00 bits per heavy atom. The second kappa shape index (κ2) is 5.87. The van der Waals surface area contributed by atoms with Gasteiger partial charge >= 0.3 is 5.97 Å². The molecule has 1 atom stereocenters. The highest BCUT2D eigenvalue weighted by atomic mass is 35.5. The van der Waals surface area contributed by atoms with E-state index in [1.54, 1.807) is 12.3 Å². The maximum Gasteiger partial charge on any atom is 0.335 e. The van der Waals surface area contributed by atoms with Crippen LogP contribution in [-0.4, -0.2) is 29.1 Å². The van der Waals surface area contributed by atoms with Crippen LogP contribution in [0.15, 0.2) is 18.3 Å². The predicted octanol–water partition coefficient (Wildman–Crippen LogP) is 2.44. The van der Waals surface area contributed by atoms with Gasteiger partial charge < -0.3 is 10.0 Å². The third kappa shape index (κ3) is 3.33. The van der Waals surface area contributed by atoms with E-state index in [0.29, 0.717) is 11.5 Å². The minimum Gasteiger partial charge on any atom is -0.478 e. The summed E-state index contributed by atoms with van der Waals surface area (Å²) in [4.78, 5) is 17.3. The normalized spacial score (nSPS) is 19.6. The van der Waals surface area contributed by atoms with Crippen molar-refractivity contribution in [2.45, 2.75) is 19.8 Å². The van der Waals surface area contributed by atoms with Crippen molar-refractivity contribution < 1.29 is 9.90 Å². The van der Waals surface area contributed by atoms with E-state index >= 15 is 0 Å². The smallest absolute Gasteiger partial charge is 0.335 e. The molecule has 1 N–H and O–H groups in total. The van der Waals surface area contributed by atoms with Crippen LogP contribution in [-0.2, 0) is 0 Å². The Bertz CT molecular complexity index is 398. The lowest BCUT2D eigenvalue weighted by Gasteiger charge is -2.31. The van der Waals surface area contributed by atoms with E-state index in [1.165, 1.54) is 12.5 Å². The quantitative estimate of drug-likeness (QED) is 0.883. The SMILES string of the molecule is CC1CCCN(c2cc(C(=O)O)ccn2)C1.Cl. The molecule has 17 heavy (non-hydrogen) atoms. The Morgan fingerprint density at radius 2 is 2.35 bits per heavy atom. The van der Waals surface area contributed by atoms with E-state index in [1.807, 2.05) is 0 Å². The molecular weight excluding hydrogens is 240 g/mol. The summed E-state index contributed by atoms with van der Waals surface area (Å²) in [6, 6.07) is 3.18. The van der Waals surface area contributed by atoms with Crippen LogP contribution in [0.5, 0.6) is 0 Å². The molecule has 0 amide bonds. The predicted molar refractivity (Wildman–Crippen MR) is 69.1 cm³/mol. The highest BCUT2D eigenvalue weighted by molar-refractivity contribution is 5.88. The van der Waals surface area contributed by atoms with E-state index in [2.05, 4.69) is 16.8 Å². The largest absolute Gasteiger partial charge is 0.478 e. The summed E-state index contributed by atoms with van der Waals surface area (Å²) >= 11 is 0. The lowest BCUT2D eigenvalue weighted by Crippen LogP contribution is -2.34. The Kier molecular flexibility index (Phi) is 4.75. The van der Waals surface area contributed by atoms with E-state index in [0.717, 1.165) is 25.3 Å². The molecule has 5 heteroatoms. The van der Waals surface area contributed by atoms with Gasteiger partial charge in [0.25, 0.3) is 0 Å². The van der Waals surface area contributed by atoms with Crippen molar-refractivity contribution in [2.24, 2.45) is 5.92 Å². The molecule has 1 saturated heterocycles. The molecule has 1 aliphatic rings. The van der Waals surface area contributed by atoms with E-state index < -0.39 is 5.97 Å². The molecule has 94 valence electrons. The first kappa shape index (κ1) is 13.8. The summed E-state index contributed by atoms with van der Waals surface area (Å²) in [6.07, 6.45) is 3.97. The number of anilines is 1. The molecule has 2 heterocycles. The lowest BCUT2D eigenvalue weighted by molar-refractivity contribution is 0.0697. The average molecular weight is 257 g/mol. The highest BCUT2D eigenvalue weighted by Gasteiger charge is 2.18. The molecule has 0 spiro atoms. The van der Waals surface area contributed by atoms with Gasteiger partial charge in [-0.2, -0.15) is 0 Å². The number of piperidine rings is 1. The van der Waals surface area contributed by atoms with Crippen molar-refractivity contribution in [1.29, 1.82) is 0 Å². The number of carbonyl (C=O) groups is 1. The van der Waals surface area contributed by atoms with Crippen LogP contribution >= 0.6 is 12.4 Å². The zero-order chi connectivity index (χ0) is 11.5. The Morgan fingerprint density at radius 1 is 1.59 bits per heavy atom. The number of pyridine rings is 1. The number of aromatic carboxylic acids is 1. The van der Waals surface area contributed by atoms with Gasteiger partial charge in [-0.25, -0.2) is 9.78 Å². The molecule has 1 aromatic rings. The van der Waals surface area contributed by atoms with Crippen molar-refractivity contribution in [3.05, 3.63) is 23.9 Å². The van der Waals surface area contributed by atoms with Crippen LogP contribution in [0.3, 0.4) is 0 Å². The first-order valence-electron chi connectivity index (χ1n) is 5.61. The number of halogens is 1. The van der Waals surface area contributed by atoms with Crippen LogP contribution in [0.1, 0.15) is 30.1 Å². The van der Waals surface area contributed by atoms with Gasteiger partial charge in [-0.15, -0.1) is 12.4 Å². The topological polar surface area (TPSA) is 53.4 Å². The average Bonchev–Trinajstić information content (AvgIpc) is 2.29. The molecule has 0 aliphatic carbocycles. The fourth-order valence-corrected chi connectivity index (χ4v) is 2.12. The van der Waals surface area contributed by atoms with Crippen LogP contribution in [0.2, 0.25) is 0 Å². The maximum atomic E-state index is 10.9. The zero-order valence-corrected chi connectivity index (χ0v) is 10.6. The fourth-order valence-electron chi connectivity index (χ4n) is 2.12. The summed E-state index contributed by atoms with van der Waals surface area (Å²) in [5.41, 5.74) is 0.309. The van der Waals surface area contributed by atoms with Gasteiger partial charge in [-0.05, 0) is 30.9 Å². The van der Waals surface area contributed by atoms with Crippen molar-refractivity contribution >= 4 is 24.2 Å². The third-order valence-electron chi connectivity index (χ3n) is 2.97. The first-order valence-corrected chi connectivity index (χ1v) is 5.61. The second-order valence-electron chi connectivity index (χ2n) is 4.40. The number of hydrogen-bond donors (Lipinski definition) is 1. The summed E-state index contributed by atoms with van der Waals surface area (Å²) in [5, 5.41) is 8.91. The maximum absolute atomic E-state index is 10.9. The molecule has 0 aromatic carbocycles. The van der Waals surface area contributed by atoms with Crippen LogP contribution in [0, 0.1) is 5.92 Å². The van der Waals surface area contributed by atoms with Gasteiger partial charge in [0.15, 0.2) is 0 Å². The molecule has 0 saturated carbocycles. The van der Waals surface area contributed by atoms with Gasteiger partial charge in [-0.1, -0.05) is 6.92 Å². The molecular formula is C12H17ClN2O2. The van der Waals surface area contributed by atoms with Gasteiger partial charge in [0.05, 0.1) is 5.56 Å². The number of nitrogens with zero attached hydrogens (tertiary/aromatic N) is 2. The monoisotopic (exact) mass is 256 g/mol. The summed E-state index contributed by atoms with van der Waals surface area (Å²) in [7, 11) is 0. The Labute approximate surface area is 107 Å². The Balaban J connectivity index is 0.00000144. The molecule has 1 fully saturated rings. The van der Waals surface area contributed by atoms with Crippen LogP contribution in [0.25, 0.3) is 0 Å². The number of aromatic nitrogens is 1. The second-order valence-corrected chi connectivity index (χ2v) is 4.40. The van der Waals surface area contributed by atoms with Gasteiger partial charge in [0.2, 0.25) is 0 Å². The molecule has 1 aliphatic heterocycles. The van der Waals surface area contributed by atoms with Crippen molar-refractivity contribution in [2.75, 3.05) is 18.0 Å². The number of carboxylic acid groups (broad SMARTS) is 1. The van der Waals surface area contributed by atoms with Gasteiger partial charge in [0.1, 0.15) is 5.82 Å². The fraction of sp³-hybridized carbons (Fsp3) is 0.500. The Hall–Kier alpha value is -1.29. The van der Waals surface area contributed by atoms with Crippen LogP contribution < -0.4 is 4.90 Å². The molecule has 0 bridgehead atoms. The van der Waals surface area contributed by atoms with Crippen molar-refractivity contribution in [3.8, 4) is 0 Å². The standard InChI is InChI=1S/C12H16N2O2.ClH/c1-9-3-2-6-14(8-9)11-7-10(12(15)16)4-5-13-11;/h4-5,7,9H,2-3,6,8H2,1H3,(H,15,16);1H. The molecule has 4 nitrogen and oxygen atoms in total. The summed E-state index contributed by atoms with van der Waals surface area (Å²) in [5.74, 6) is 0.546. The molecule has 1 unspecified atom stereocenters. The summed E-state index contributed by atoms with van der Waals surface area (Å²) < 4.78 is 0. The van der Waals surface area contributed by atoms with Gasteiger partial charge in [0, 0.05) is 19.3 Å². The summed E-state index contributed by atoms with van der Waals surface area (Å²) in [6.45, 7) is 4.16. The zero-order valence-electron chi connectivity index (χ0n) is 9.80. The van der Waals surface area contributed by atoms with Crippen LogP contribution in [0.4, 0.5) is 5.82 Å².